The molecule has 1 unspecified atom stereocenters. The molecule has 2 aliphatic rings. The fraction of sp³-hybridized carbons (Fsp3) is 0.923. The van der Waals surface area contributed by atoms with Crippen LogP contribution in [-0.4, -0.2) is 56.7 Å². The van der Waals surface area contributed by atoms with Gasteiger partial charge in [-0.3, -0.25) is 4.79 Å². The third kappa shape index (κ3) is 3.93. The third-order valence-electron chi connectivity index (χ3n) is 3.96. The van der Waals surface area contributed by atoms with Gasteiger partial charge in [-0.15, -0.1) is 0 Å². The molecule has 1 amide bonds. The van der Waals surface area contributed by atoms with E-state index in [1.807, 2.05) is 6.92 Å². The lowest BCUT2D eigenvalue weighted by Gasteiger charge is -2.32. The Morgan fingerprint density at radius 1 is 1.30 bits per heavy atom. The highest BCUT2D eigenvalue weighted by atomic mass is 32.2. The number of nitrogens with one attached hydrogen (secondary N) is 1. The number of carbonyl (C=O) groups is 1. The van der Waals surface area contributed by atoms with Gasteiger partial charge in [-0.05, 0) is 25.7 Å². The number of sulfonamides is 1. The van der Waals surface area contributed by atoms with Crippen LogP contribution in [0.5, 0.6) is 0 Å². The number of amides is 1. The van der Waals surface area contributed by atoms with Gasteiger partial charge in [0.1, 0.15) is 0 Å². The summed E-state index contributed by atoms with van der Waals surface area (Å²) in [6.07, 6.45) is 2.82. The summed E-state index contributed by atoms with van der Waals surface area (Å²) in [4.78, 5) is 12.0. The summed E-state index contributed by atoms with van der Waals surface area (Å²) in [5, 5.41) is 3.02. The molecule has 1 N–H and O–H groups in total. The highest BCUT2D eigenvalue weighted by Gasteiger charge is 2.30. The van der Waals surface area contributed by atoms with E-state index in [-0.39, 0.29) is 23.6 Å². The molecule has 2 aliphatic heterocycles. The quantitative estimate of drug-likeness (QED) is 0.795. The Morgan fingerprint density at radius 3 is 2.55 bits per heavy atom. The van der Waals surface area contributed by atoms with Gasteiger partial charge >= 0.3 is 0 Å². The maximum atomic E-state index is 12.0. The average molecular weight is 304 g/mol. The molecule has 2 fully saturated rings. The van der Waals surface area contributed by atoms with Gasteiger partial charge in [0.05, 0.1) is 18.3 Å². The van der Waals surface area contributed by atoms with E-state index in [9.17, 15) is 13.2 Å². The fourth-order valence-electron chi connectivity index (χ4n) is 2.73. The second-order valence-electron chi connectivity index (χ2n) is 5.56. The molecule has 0 spiro atoms. The van der Waals surface area contributed by atoms with Gasteiger partial charge in [-0.1, -0.05) is 6.92 Å². The van der Waals surface area contributed by atoms with Crippen molar-refractivity contribution in [3.8, 4) is 0 Å². The van der Waals surface area contributed by atoms with Crippen LogP contribution in [-0.2, 0) is 19.6 Å². The Morgan fingerprint density at radius 2 is 2.00 bits per heavy atom. The molecule has 7 heteroatoms. The number of piperidine rings is 1. The minimum atomic E-state index is -3.10. The first-order valence-electron chi connectivity index (χ1n) is 7.39. The van der Waals surface area contributed by atoms with Crippen molar-refractivity contribution in [3.63, 3.8) is 0 Å². The predicted octanol–water partition coefficient (Wildman–Crippen LogP) is 0.343. The van der Waals surface area contributed by atoms with Crippen LogP contribution in [0.15, 0.2) is 0 Å². The largest absolute Gasteiger partial charge is 0.381 e. The van der Waals surface area contributed by atoms with Crippen LogP contribution in [0.4, 0.5) is 0 Å². The summed E-state index contributed by atoms with van der Waals surface area (Å²) >= 11 is 0. The van der Waals surface area contributed by atoms with E-state index in [1.165, 1.54) is 0 Å². The average Bonchev–Trinajstić information content (AvgIpc) is 2.93. The van der Waals surface area contributed by atoms with Gasteiger partial charge in [0.2, 0.25) is 15.9 Å². The first-order chi connectivity index (χ1) is 9.53. The summed E-state index contributed by atoms with van der Waals surface area (Å²) in [5.74, 6) is 0.234. The lowest BCUT2D eigenvalue weighted by atomic mass is 10.0. The van der Waals surface area contributed by atoms with Crippen molar-refractivity contribution >= 4 is 15.9 Å². The lowest BCUT2D eigenvalue weighted by Crippen LogP contribution is -2.48. The van der Waals surface area contributed by atoms with Gasteiger partial charge in [-0.25, -0.2) is 12.7 Å². The van der Waals surface area contributed by atoms with Crippen LogP contribution < -0.4 is 5.32 Å². The summed E-state index contributed by atoms with van der Waals surface area (Å²) in [6, 6.07) is 0.0937. The number of nitrogens with zero attached hydrogens (tertiary/aromatic N) is 1. The SMILES string of the molecule is CCCS(=O)(=O)N1CCC(NC(=O)C2CCOC2)CC1. The molecule has 0 aromatic carbocycles. The van der Waals surface area contributed by atoms with E-state index >= 15 is 0 Å². The minimum Gasteiger partial charge on any atom is -0.381 e. The molecule has 2 heterocycles. The van der Waals surface area contributed by atoms with Crippen molar-refractivity contribution in [2.45, 2.75) is 38.6 Å². The molecule has 20 heavy (non-hydrogen) atoms. The van der Waals surface area contributed by atoms with Crippen molar-refractivity contribution in [1.82, 2.24) is 9.62 Å². The van der Waals surface area contributed by atoms with Crippen LogP contribution in [0.25, 0.3) is 0 Å². The second kappa shape index (κ2) is 6.87. The van der Waals surface area contributed by atoms with Gasteiger partial charge in [-0.2, -0.15) is 0 Å². The Labute approximate surface area is 120 Å². The lowest BCUT2D eigenvalue weighted by molar-refractivity contribution is -0.125. The number of carbonyl (C=O) groups excluding carboxylic acids is 1. The molecule has 0 aromatic rings. The van der Waals surface area contributed by atoms with Crippen LogP contribution in [0, 0.1) is 5.92 Å². The van der Waals surface area contributed by atoms with Gasteiger partial charge in [0.15, 0.2) is 0 Å². The number of rotatable bonds is 5. The monoisotopic (exact) mass is 304 g/mol. The normalized spacial score (nSPS) is 25.8. The zero-order valence-electron chi connectivity index (χ0n) is 12.0. The molecule has 0 bridgehead atoms. The molecule has 0 aromatic heterocycles. The number of ether oxygens (including phenoxy) is 1. The second-order valence-corrected chi connectivity index (χ2v) is 7.65. The molecular formula is C13H24N2O4S. The van der Waals surface area contributed by atoms with Crippen molar-refractivity contribution < 1.29 is 17.9 Å². The molecule has 0 radical (unpaired) electrons. The summed E-state index contributed by atoms with van der Waals surface area (Å²) in [7, 11) is -3.10. The molecule has 2 rings (SSSR count). The molecule has 116 valence electrons. The molecule has 1 atom stereocenters. The van der Waals surface area contributed by atoms with Crippen LogP contribution in [0.2, 0.25) is 0 Å². The van der Waals surface area contributed by atoms with Gasteiger partial charge in [0, 0.05) is 25.7 Å². The van der Waals surface area contributed by atoms with E-state index in [4.69, 9.17) is 4.74 Å². The van der Waals surface area contributed by atoms with Crippen LogP contribution in [0.3, 0.4) is 0 Å². The Hall–Kier alpha value is -0.660. The minimum absolute atomic E-state index is 0.0307. The van der Waals surface area contributed by atoms with Crippen LogP contribution >= 0.6 is 0 Å². The Kier molecular flexibility index (Phi) is 5.40. The predicted molar refractivity (Wildman–Crippen MR) is 75.7 cm³/mol. The molecule has 2 saturated heterocycles. The van der Waals surface area contributed by atoms with Crippen molar-refractivity contribution in [3.05, 3.63) is 0 Å². The zero-order chi connectivity index (χ0) is 14.6. The molecule has 0 aliphatic carbocycles. The Bertz CT molecular complexity index is 424. The van der Waals surface area contributed by atoms with E-state index in [0.717, 1.165) is 6.42 Å². The molecule has 6 nitrogen and oxygen atoms in total. The van der Waals surface area contributed by atoms with Crippen molar-refractivity contribution in [2.75, 3.05) is 32.1 Å². The zero-order valence-corrected chi connectivity index (χ0v) is 12.8. The number of hydrogen-bond acceptors (Lipinski definition) is 4. The van der Waals surface area contributed by atoms with E-state index in [1.54, 1.807) is 4.31 Å². The highest BCUT2D eigenvalue weighted by molar-refractivity contribution is 7.89. The topological polar surface area (TPSA) is 75.7 Å². The van der Waals surface area contributed by atoms with Crippen molar-refractivity contribution in [1.29, 1.82) is 0 Å². The maximum Gasteiger partial charge on any atom is 0.225 e. The van der Waals surface area contributed by atoms with Crippen LogP contribution in [0.1, 0.15) is 32.6 Å². The van der Waals surface area contributed by atoms with E-state index in [0.29, 0.717) is 45.6 Å². The standard InChI is InChI=1S/C13H24N2O4S/c1-2-9-20(17,18)15-6-3-12(4-7-15)14-13(16)11-5-8-19-10-11/h11-12H,2-10H2,1H3,(H,14,16). The first kappa shape index (κ1) is 15.7. The highest BCUT2D eigenvalue weighted by Crippen LogP contribution is 2.17. The Balaban J connectivity index is 1.78. The fourth-order valence-corrected chi connectivity index (χ4v) is 4.27. The first-order valence-corrected chi connectivity index (χ1v) is 9.00. The van der Waals surface area contributed by atoms with E-state index < -0.39 is 10.0 Å². The number of hydrogen-bond donors (Lipinski definition) is 1. The maximum absolute atomic E-state index is 12.0. The molecule has 0 saturated carbocycles. The summed E-state index contributed by atoms with van der Waals surface area (Å²) < 4.78 is 30.7. The summed E-state index contributed by atoms with van der Waals surface area (Å²) in [6.45, 7) is 4.05. The smallest absolute Gasteiger partial charge is 0.225 e. The van der Waals surface area contributed by atoms with Crippen molar-refractivity contribution in [2.24, 2.45) is 5.92 Å². The molecular weight excluding hydrogens is 280 g/mol. The third-order valence-corrected chi connectivity index (χ3v) is 6.03. The van der Waals surface area contributed by atoms with E-state index in [2.05, 4.69) is 5.32 Å². The summed E-state index contributed by atoms with van der Waals surface area (Å²) in [5.41, 5.74) is 0. The van der Waals surface area contributed by atoms with Gasteiger partial charge in [0.25, 0.3) is 0 Å². The van der Waals surface area contributed by atoms with Gasteiger partial charge < -0.3 is 10.1 Å².